The van der Waals surface area contributed by atoms with Gasteiger partial charge in [-0.15, -0.1) is 22.7 Å². The lowest BCUT2D eigenvalue weighted by Crippen LogP contribution is -2.24. The van der Waals surface area contributed by atoms with E-state index >= 15 is 0 Å². The van der Waals surface area contributed by atoms with Gasteiger partial charge < -0.3 is 9.73 Å². The Morgan fingerprint density at radius 1 is 1.20 bits per heavy atom. The Balaban J connectivity index is 1.53. The normalized spacial score (nSPS) is 10.6. The van der Waals surface area contributed by atoms with Crippen molar-refractivity contribution < 1.29 is 9.21 Å². The molecule has 0 aliphatic carbocycles. The summed E-state index contributed by atoms with van der Waals surface area (Å²) in [6.45, 7) is 0.633. The van der Waals surface area contributed by atoms with Gasteiger partial charge >= 0.3 is 0 Å². The van der Waals surface area contributed by atoms with E-state index in [1.807, 2.05) is 0 Å². The van der Waals surface area contributed by atoms with Crippen molar-refractivity contribution in [3.63, 3.8) is 0 Å². The van der Waals surface area contributed by atoms with E-state index < -0.39 is 0 Å². The second kappa shape index (κ2) is 6.07. The lowest BCUT2D eigenvalue weighted by atomic mass is 10.3. The van der Waals surface area contributed by atoms with Crippen LogP contribution in [-0.2, 0) is 6.42 Å². The molecule has 0 saturated heterocycles. The fourth-order valence-electron chi connectivity index (χ4n) is 1.86. The van der Waals surface area contributed by atoms with E-state index in [1.54, 1.807) is 28.7 Å². The van der Waals surface area contributed by atoms with Crippen LogP contribution in [-0.4, -0.2) is 12.5 Å². The molecule has 1 N–H and O–H groups in total. The number of hydrogen-bond acceptors (Lipinski definition) is 4. The summed E-state index contributed by atoms with van der Waals surface area (Å²) in [5.41, 5.74) is 0.565. The minimum Gasteiger partial charge on any atom is -0.472 e. The molecule has 0 aliphatic rings. The van der Waals surface area contributed by atoms with Gasteiger partial charge in [0.15, 0.2) is 0 Å². The van der Waals surface area contributed by atoms with Crippen molar-refractivity contribution in [1.29, 1.82) is 0 Å². The van der Waals surface area contributed by atoms with Gasteiger partial charge in [-0.25, -0.2) is 0 Å². The molecule has 3 aromatic rings. The molecule has 0 bridgehead atoms. The Morgan fingerprint density at radius 2 is 2.15 bits per heavy atom. The van der Waals surface area contributed by atoms with Gasteiger partial charge in [-0.05, 0) is 36.1 Å². The number of hydrogen-bond donors (Lipinski definition) is 1. The Kier molecular flexibility index (Phi) is 3.99. The molecule has 0 atom stereocenters. The molecule has 3 heterocycles. The number of thiophene rings is 2. The number of nitrogens with one attached hydrogen (secondary N) is 1. The molecule has 0 fully saturated rings. The van der Waals surface area contributed by atoms with E-state index in [0.717, 1.165) is 6.42 Å². The second-order valence-electron chi connectivity index (χ2n) is 4.26. The molecule has 0 aliphatic heterocycles. The number of amides is 1. The van der Waals surface area contributed by atoms with Gasteiger partial charge in [0.1, 0.15) is 6.26 Å². The Bertz CT molecular complexity index is 669. The fraction of sp³-hybridized carbons (Fsp3) is 0.133. The van der Waals surface area contributed by atoms with Crippen molar-refractivity contribution in [2.45, 2.75) is 6.42 Å². The smallest absolute Gasteiger partial charge is 0.254 e. The molecule has 3 nitrogen and oxygen atoms in total. The van der Waals surface area contributed by atoms with Crippen molar-refractivity contribution >= 4 is 28.6 Å². The molecular formula is C15H13NO2S2. The lowest BCUT2D eigenvalue weighted by molar-refractivity contribution is 0.0953. The first-order valence-electron chi connectivity index (χ1n) is 6.26. The van der Waals surface area contributed by atoms with E-state index in [-0.39, 0.29) is 5.91 Å². The van der Waals surface area contributed by atoms with E-state index in [1.165, 1.54) is 27.2 Å². The summed E-state index contributed by atoms with van der Waals surface area (Å²) in [6, 6.07) is 10.1. The Labute approximate surface area is 124 Å². The number of carbonyl (C=O) groups is 1. The Morgan fingerprint density at radius 3 is 2.90 bits per heavy atom. The van der Waals surface area contributed by atoms with E-state index in [9.17, 15) is 4.79 Å². The molecule has 1 amide bonds. The average Bonchev–Trinajstić information content (AvgIpc) is 3.20. The van der Waals surface area contributed by atoms with Gasteiger partial charge in [-0.2, -0.15) is 0 Å². The van der Waals surface area contributed by atoms with Crippen molar-refractivity contribution in [3.05, 3.63) is 58.7 Å². The van der Waals surface area contributed by atoms with Crippen LogP contribution in [0.3, 0.4) is 0 Å². The van der Waals surface area contributed by atoms with Crippen molar-refractivity contribution in [3.8, 4) is 9.75 Å². The largest absolute Gasteiger partial charge is 0.472 e. The highest BCUT2D eigenvalue weighted by Gasteiger charge is 2.07. The lowest BCUT2D eigenvalue weighted by Gasteiger charge is -2.01. The zero-order valence-electron chi connectivity index (χ0n) is 10.7. The van der Waals surface area contributed by atoms with Crippen LogP contribution in [0.5, 0.6) is 0 Å². The summed E-state index contributed by atoms with van der Waals surface area (Å²) in [7, 11) is 0. The monoisotopic (exact) mass is 303 g/mol. The van der Waals surface area contributed by atoms with Crippen LogP contribution < -0.4 is 5.32 Å². The van der Waals surface area contributed by atoms with Crippen LogP contribution in [0.25, 0.3) is 9.75 Å². The van der Waals surface area contributed by atoms with Gasteiger partial charge in [0.25, 0.3) is 5.91 Å². The standard InChI is InChI=1S/C15H13NO2S2/c17-15(11-6-8-18-10-11)16-7-5-12-3-4-14(20-12)13-2-1-9-19-13/h1-4,6,8-10H,5,7H2,(H,16,17). The maximum absolute atomic E-state index is 11.7. The molecule has 3 aromatic heterocycles. The van der Waals surface area contributed by atoms with Crippen LogP contribution in [0.2, 0.25) is 0 Å². The molecule has 102 valence electrons. The summed E-state index contributed by atoms with van der Waals surface area (Å²) in [5, 5.41) is 4.97. The molecular weight excluding hydrogens is 290 g/mol. The first-order chi connectivity index (χ1) is 9.83. The highest BCUT2D eigenvalue weighted by Crippen LogP contribution is 2.31. The predicted molar refractivity (Wildman–Crippen MR) is 82.4 cm³/mol. The summed E-state index contributed by atoms with van der Waals surface area (Å²) < 4.78 is 4.89. The zero-order chi connectivity index (χ0) is 13.8. The van der Waals surface area contributed by atoms with Gasteiger partial charge in [0.2, 0.25) is 0 Å². The average molecular weight is 303 g/mol. The fourth-order valence-corrected chi connectivity index (χ4v) is 3.70. The summed E-state index contributed by atoms with van der Waals surface area (Å²) in [4.78, 5) is 15.6. The maximum atomic E-state index is 11.7. The third kappa shape index (κ3) is 3.00. The highest BCUT2D eigenvalue weighted by molar-refractivity contribution is 7.21. The van der Waals surface area contributed by atoms with E-state index in [4.69, 9.17) is 4.42 Å². The number of furan rings is 1. The molecule has 0 saturated carbocycles. The van der Waals surface area contributed by atoms with Crippen LogP contribution in [0.1, 0.15) is 15.2 Å². The van der Waals surface area contributed by atoms with Crippen LogP contribution in [0.15, 0.2) is 52.7 Å². The van der Waals surface area contributed by atoms with E-state index in [0.29, 0.717) is 12.1 Å². The predicted octanol–water partition coefficient (Wildman–Crippen LogP) is 4.04. The van der Waals surface area contributed by atoms with Gasteiger partial charge in [-0.3, -0.25) is 4.79 Å². The summed E-state index contributed by atoms with van der Waals surface area (Å²) >= 11 is 3.53. The van der Waals surface area contributed by atoms with Crippen molar-refractivity contribution in [1.82, 2.24) is 5.32 Å². The van der Waals surface area contributed by atoms with Crippen LogP contribution in [0, 0.1) is 0 Å². The van der Waals surface area contributed by atoms with E-state index in [2.05, 4.69) is 35.0 Å². The minimum atomic E-state index is -0.0891. The first-order valence-corrected chi connectivity index (χ1v) is 7.95. The molecule has 0 unspecified atom stereocenters. The molecule has 0 radical (unpaired) electrons. The molecule has 5 heteroatoms. The van der Waals surface area contributed by atoms with Crippen molar-refractivity contribution in [2.75, 3.05) is 6.54 Å². The first kappa shape index (κ1) is 13.1. The van der Waals surface area contributed by atoms with Gasteiger partial charge in [0, 0.05) is 21.2 Å². The van der Waals surface area contributed by atoms with Gasteiger partial charge in [-0.1, -0.05) is 6.07 Å². The second-order valence-corrected chi connectivity index (χ2v) is 6.38. The highest BCUT2D eigenvalue weighted by atomic mass is 32.1. The SMILES string of the molecule is O=C(NCCc1ccc(-c2cccs2)s1)c1ccoc1. The molecule has 3 rings (SSSR count). The molecule has 0 spiro atoms. The third-order valence-corrected chi connectivity index (χ3v) is 5.08. The molecule has 20 heavy (non-hydrogen) atoms. The van der Waals surface area contributed by atoms with Crippen molar-refractivity contribution in [2.24, 2.45) is 0 Å². The van der Waals surface area contributed by atoms with Gasteiger partial charge in [0.05, 0.1) is 11.8 Å². The summed E-state index contributed by atoms with van der Waals surface area (Å²) in [6.07, 6.45) is 3.80. The zero-order valence-corrected chi connectivity index (χ0v) is 12.3. The number of carbonyl (C=O) groups excluding carboxylic acids is 1. The topological polar surface area (TPSA) is 42.2 Å². The minimum absolute atomic E-state index is 0.0891. The summed E-state index contributed by atoms with van der Waals surface area (Å²) in [5.74, 6) is -0.0891. The Hall–Kier alpha value is -1.85. The molecule has 0 aromatic carbocycles. The maximum Gasteiger partial charge on any atom is 0.254 e. The number of rotatable bonds is 5. The quantitative estimate of drug-likeness (QED) is 0.773. The van der Waals surface area contributed by atoms with Crippen LogP contribution in [0.4, 0.5) is 0 Å². The van der Waals surface area contributed by atoms with Crippen LogP contribution >= 0.6 is 22.7 Å². The third-order valence-electron chi connectivity index (χ3n) is 2.87.